The van der Waals surface area contributed by atoms with Gasteiger partial charge in [-0.2, -0.15) is 0 Å². The highest BCUT2D eigenvalue weighted by Crippen LogP contribution is 2.26. The molecule has 0 aliphatic heterocycles. The van der Waals surface area contributed by atoms with E-state index >= 15 is 0 Å². The van der Waals surface area contributed by atoms with Crippen molar-refractivity contribution >= 4 is 5.69 Å². The van der Waals surface area contributed by atoms with Gasteiger partial charge in [-0.3, -0.25) is 0 Å². The summed E-state index contributed by atoms with van der Waals surface area (Å²) in [4.78, 5) is 4.38. The van der Waals surface area contributed by atoms with Crippen molar-refractivity contribution in [1.29, 1.82) is 0 Å². The summed E-state index contributed by atoms with van der Waals surface area (Å²) in [5.74, 6) is 2.12. The van der Waals surface area contributed by atoms with E-state index in [4.69, 9.17) is 10.5 Å². The highest BCUT2D eigenvalue weighted by Gasteiger charge is 2.10. The second kappa shape index (κ2) is 5.12. The standard InChI is InChI=1S/C14H19N3O/c1-4-18-13-9-11(5-6-12(13)15)17-8-7-16-14(17)10(2)3/h5-10H,4,15H2,1-3H3. The molecule has 0 aliphatic carbocycles. The van der Waals surface area contributed by atoms with Gasteiger partial charge in [-0.25, -0.2) is 4.98 Å². The Kier molecular flexibility index (Phi) is 3.55. The zero-order valence-electron chi connectivity index (χ0n) is 11.1. The van der Waals surface area contributed by atoms with Crippen LogP contribution in [0.2, 0.25) is 0 Å². The van der Waals surface area contributed by atoms with Crippen molar-refractivity contribution in [2.75, 3.05) is 12.3 Å². The van der Waals surface area contributed by atoms with Gasteiger partial charge in [-0.15, -0.1) is 0 Å². The number of hydrogen-bond acceptors (Lipinski definition) is 3. The lowest BCUT2D eigenvalue weighted by atomic mass is 10.2. The first-order chi connectivity index (χ1) is 8.63. The van der Waals surface area contributed by atoms with Crippen molar-refractivity contribution in [3.63, 3.8) is 0 Å². The van der Waals surface area contributed by atoms with Gasteiger partial charge in [0.2, 0.25) is 0 Å². The molecule has 96 valence electrons. The normalized spacial score (nSPS) is 10.9. The van der Waals surface area contributed by atoms with E-state index in [-0.39, 0.29) is 0 Å². The van der Waals surface area contributed by atoms with E-state index in [2.05, 4.69) is 23.4 Å². The van der Waals surface area contributed by atoms with Crippen molar-refractivity contribution < 1.29 is 4.74 Å². The van der Waals surface area contributed by atoms with Gasteiger partial charge >= 0.3 is 0 Å². The molecule has 0 unspecified atom stereocenters. The molecule has 0 amide bonds. The molecule has 0 spiro atoms. The molecule has 0 saturated carbocycles. The van der Waals surface area contributed by atoms with E-state index in [9.17, 15) is 0 Å². The average molecular weight is 245 g/mol. The Labute approximate surface area is 107 Å². The summed E-state index contributed by atoms with van der Waals surface area (Å²) in [6.07, 6.45) is 3.77. The molecule has 0 aliphatic rings. The minimum absolute atomic E-state index is 0.369. The number of nitrogens with zero attached hydrogens (tertiary/aromatic N) is 2. The molecule has 2 rings (SSSR count). The molecule has 4 heteroatoms. The fourth-order valence-electron chi connectivity index (χ4n) is 1.91. The van der Waals surface area contributed by atoms with Crippen LogP contribution in [-0.4, -0.2) is 16.2 Å². The number of anilines is 1. The lowest BCUT2D eigenvalue weighted by Crippen LogP contribution is -2.04. The number of rotatable bonds is 4. The Morgan fingerprint density at radius 1 is 1.39 bits per heavy atom. The summed E-state index contributed by atoms with van der Waals surface area (Å²) >= 11 is 0. The summed E-state index contributed by atoms with van der Waals surface area (Å²) in [6, 6.07) is 5.79. The minimum Gasteiger partial charge on any atom is -0.492 e. The molecule has 0 fully saturated rings. The molecular formula is C14H19N3O. The topological polar surface area (TPSA) is 53.1 Å². The molecule has 1 aromatic carbocycles. The fourth-order valence-corrected chi connectivity index (χ4v) is 1.91. The van der Waals surface area contributed by atoms with E-state index < -0.39 is 0 Å². The quantitative estimate of drug-likeness (QED) is 0.842. The number of benzene rings is 1. The number of hydrogen-bond donors (Lipinski definition) is 1. The fraction of sp³-hybridized carbons (Fsp3) is 0.357. The van der Waals surface area contributed by atoms with E-state index in [1.54, 1.807) is 0 Å². The van der Waals surface area contributed by atoms with Crippen LogP contribution < -0.4 is 10.5 Å². The maximum Gasteiger partial charge on any atom is 0.144 e. The molecule has 1 heterocycles. The van der Waals surface area contributed by atoms with Crippen LogP contribution in [0, 0.1) is 0 Å². The first kappa shape index (κ1) is 12.5. The van der Waals surface area contributed by atoms with Gasteiger partial charge in [0.25, 0.3) is 0 Å². The molecule has 0 saturated heterocycles. The van der Waals surface area contributed by atoms with Gasteiger partial charge in [0.1, 0.15) is 11.6 Å². The number of nitrogens with two attached hydrogens (primary N) is 1. The zero-order valence-corrected chi connectivity index (χ0v) is 11.1. The second-order valence-corrected chi connectivity index (χ2v) is 4.47. The van der Waals surface area contributed by atoms with E-state index in [0.29, 0.717) is 18.2 Å². The summed E-state index contributed by atoms with van der Waals surface area (Å²) in [5, 5.41) is 0. The third kappa shape index (κ3) is 2.32. The van der Waals surface area contributed by atoms with Crippen LogP contribution in [0.5, 0.6) is 5.75 Å². The Hall–Kier alpha value is -1.97. The number of aromatic nitrogens is 2. The molecule has 0 radical (unpaired) electrons. The smallest absolute Gasteiger partial charge is 0.144 e. The van der Waals surface area contributed by atoms with Crippen molar-refractivity contribution in [3.8, 4) is 11.4 Å². The van der Waals surface area contributed by atoms with E-state index in [1.807, 2.05) is 37.5 Å². The third-order valence-electron chi connectivity index (χ3n) is 2.76. The van der Waals surface area contributed by atoms with E-state index in [0.717, 1.165) is 17.3 Å². The number of nitrogen functional groups attached to an aromatic ring is 1. The SMILES string of the molecule is CCOc1cc(-n2ccnc2C(C)C)ccc1N. The monoisotopic (exact) mass is 245 g/mol. The molecule has 1 aromatic heterocycles. The Bertz CT molecular complexity index is 532. The van der Waals surface area contributed by atoms with Crippen LogP contribution in [0.15, 0.2) is 30.6 Å². The molecule has 18 heavy (non-hydrogen) atoms. The van der Waals surface area contributed by atoms with Crippen LogP contribution in [-0.2, 0) is 0 Å². The Balaban J connectivity index is 2.44. The second-order valence-electron chi connectivity index (χ2n) is 4.47. The lowest BCUT2D eigenvalue weighted by Gasteiger charge is -2.13. The molecule has 2 aromatic rings. The summed E-state index contributed by atoms with van der Waals surface area (Å²) < 4.78 is 7.58. The minimum atomic E-state index is 0.369. The van der Waals surface area contributed by atoms with Crippen LogP contribution in [0.4, 0.5) is 5.69 Å². The van der Waals surface area contributed by atoms with Crippen LogP contribution in [0.25, 0.3) is 5.69 Å². The Morgan fingerprint density at radius 2 is 2.17 bits per heavy atom. The van der Waals surface area contributed by atoms with Gasteiger partial charge in [0, 0.05) is 24.4 Å². The Morgan fingerprint density at radius 3 is 2.83 bits per heavy atom. The summed E-state index contributed by atoms with van der Waals surface area (Å²) in [5.41, 5.74) is 7.56. The largest absolute Gasteiger partial charge is 0.492 e. The van der Waals surface area contributed by atoms with Crippen molar-refractivity contribution in [1.82, 2.24) is 9.55 Å². The van der Waals surface area contributed by atoms with Crippen molar-refractivity contribution in [3.05, 3.63) is 36.4 Å². The van der Waals surface area contributed by atoms with E-state index in [1.165, 1.54) is 0 Å². The maximum atomic E-state index is 5.88. The van der Waals surface area contributed by atoms with Crippen molar-refractivity contribution in [2.24, 2.45) is 0 Å². The lowest BCUT2D eigenvalue weighted by molar-refractivity contribution is 0.342. The summed E-state index contributed by atoms with van der Waals surface area (Å²) in [7, 11) is 0. The van der Waals surface area contributed by atoms with Crippen molar-refractivity contribution in [2.45, 2.75) is 26.7 Å². The highest BCUT2D eigenvalue weighted by atomic mass is 16.5. The number of imidazole rings is 1. The molecule has 0 bridgehead atoms. The summed E-state index contributed by atoms with van der Waals surface area (Å²) in [6.45, 7) is 6.80. The third-order valence-corrected chi connectivity index (χ3v) is 2.76. The first-order valence-electron chi connectivity index (χ1n) is 6.19. The molecule has 4 nitrogen and oxygen atoms in total. The van der Waals surface area contributed by atoms with Gasteiger partial charge in [0.05, 0.1) is 18.0 Å². The first-order valence-corrected chi connectivity index (χ1v) is 6.19. The van der Waals surface area contributed by atoms with Gasteiger partial charge in [-0.05, 0) is 19.1 Å². The van der Waals surface area contributed by atoms with Crippen LogP contribution >= 0.6 is 0 Å². The molecule has 0 atom stereocenters. The van der Waals surface area contributed by atoms with Gasteiger partial charge in [-0.1, -0.05) is 13.8 Å². The predicted octanol–water partition coefficient (Wildman–Crippen LogP) is 2.98. The zero-order chi connectivity index (χ0) is 13.1. The van der Waals surface area contributed by atoms with Crippen LogP contribution in [0.1, 0.15) is 32.5 Å². The number of ether oxygens (including phenoxy) is 1. The average Bonchev–Trinajstić information content (AvgIpc) is 2.81. The maximum absolute atomic E-state index is 5.88. The van der Waals surface area contributed by atoms with Gasteiger partial charge < -0.3 is 15.0 Å². The van der Waals surface area contributed by atoms with Crippen LogP contribution in [0.3, 0.4) is 0 Å². The predicted molar refractivity (Wildman–Crippen MR) is 73.2 cm³/mol. The molecular weight excluding hydrogens is 226 g/mol. The highest BCUT2D eigenvalue weighted by molar-refractivity contribution is 5.57. The van der Waals surface area contributed by atoms with Gasteiger partial charge in [0.15, 0.2) is 0 Å². The molecule has 2 N–H and O–H groups in total.